The number of amides is 1. The maximum absolute atomic E-state index is 12.9. The molecule has 5 nitrogen and oxygen atoms in total. The number of carbonyl (C=O) groups is 1. The fraction of sp³-hybridized carbons (Fsp3) is 0.111. The minimum Gasteiger partial charge on any atom is -0.423 e. The number of aromatic nitrogens is 1. The van der Waals surface area contributed by atoms with Gasteiger partial charge in [0.2, 0.25) is 0 Å². The van der Waals surface area contributed by atoms with Crippen LogP contribution < -0.4 is 5.32 Å². The summed E-state index contributed by atoms with van der Waals surface area (Å²) in [4.78, 5) is 17.7. The highest BCUT2D eigenvalue weighted by Crippen LogP contribution is 2.25. The van der Waals surface area contributed by atoms with Crippen LogP contribution in [-0.2, 0) is 0 Å². The number of anilines is 2. The van der Waals surface area contributed by atoms with E-state index in [-0.39, 0.29) is 11.7 Å². The smallest absolute Gasteiger partial charge is 0.299 e. The molecule has 3 rings (SSSR count). The average Bonchev–Trinajstić information content (AvgIpc) is 3.05. The Morgan fingerprint density at radius 2 is 1.92 bits per heavy atom. The molecule has 6 heteroatoms. The molecule has 1 aromatic heterocycles. The molecule has 0 aliphatic rings. The van der Waals surface area contributed by atoms with Crippen molar-refractivity contribution in [1.82, 2.24) is 9.88 Å². The van der Waals surface area contributed by atoms with Crippen molar-refractivity contribution in [3.05, 3.63) is 66.1 Å². The Balaban J connectivity index is 1.81. The average molecular weight is 325 g/mol. The molecule has 0 spiro atoms. The molecule has 0 fully saturated rings. The molecule has 0 atom stereocenters. The van der Waals surface area contributed by atoms with Gasteiger partial charge in [0.05, 0.1) is 6.20 Å². The highest BCUT2D eigenvalue weighted by atomic mass is 19.1. The van der Waals surface area contributed by atoms with Crippen LogP contribution in [0.1, 0.15) is 10.4 Å². The van der Waals surface area contributed by atoms with E-state index < -0.39 is 0 Å². The zero-order valence-corrected chi connectivity index (χ0v) is 13.3. The van der Waals surface area contributed by atoms with Gasteiger partial charge >= 0.3 is 0 Å². The lowest BCUT2D eigenvalue weighted by atomic mass is 10.1. The van der Waals surface area contributed by atoms with Crippen molar-refractivity contribution < 1.29 is 13.6 Å². The van der Waals surface area contributed by atoms with Gasteiger partial charge in [-0.05, 0) is 36.4 Å². The van der Waals surface area contributed by atoms with Gasteiger partial charge in [-0.3, -0.25) is 4.79 Å². The molecule has 1 amide bonds. The van der Waals surface area contributed by atoms with Crippen LogP contribution in [0.4, 0.5) is 16.1 Å². The molecule has 0 saturated carbocycles. The lowest BCUT2D eigenvalue weighted by molar-refractivity contribution is 0.0827. The van der Waals surface area contributed by atoms with Gasteiger partial charge in [-0.1, -0.05) is 12.1 Å². The highest BCUT2D eigenvalue weighted by Gasteiger charge is 2.11. The summed E-state index contributed by atoms with van der Waals surface area (Å²) in [6.07, 6.45) is 1.57. The van der Waals surface area contributed by atoms with Gasteiger partial charge in [-0.25, -0.2) is 9.37 Å². The Morgan fingerprint density at radius 1 is 1.17 bits per heavy atom. The van der Waals surface area contributed by atoms with Gasteiger partial charge in [0.25, 0.3) is 11.9 Å². The second-order valence-corrected chi connectivity index (χ2v) is 5.44. The Bertz CT molecular complexity index is 857. The van der Waals surface area contributed by atoms with E-state index in [0.717, 1.165) is 5.56 Å². The number of oxazole rings is 1. The highest BCUT2D eigenvalue weighted by molar-refractivity contribution is 5.95. The molecule has 0 unspecified atom stereocenters. The summed E-state index contributed by atoms with van der Waals surface area (Å²) < 4.78 is 18.6. The van der Waals surface area contributed by atoms with Crippen LogP contribution in [-0.4, -0.2) is 29.9 Å². The van der Waals surface area contributed by atoms with Crippen molar-refractivity contribution in [3.63, 3.8) is 0 Å². The maximum Gasteiger partial charge on any atom is 0.299 e. The summed E-state index contributed by atoms with van der Waals surface area (Å²) >= 11 is 0. The monoisotopic (exact) mass is 325 g/mol. The molecule has 0 saturated heterocycles. The number of benzene rings is 2. The standard InChI is InChI=1S/C18H16FN3O2/c1-22(2)17(23)13-5-3-4-12(10-13)16-11-20-18(24-16)21-15-8-6-14(19)7-9-15/h3-11H,1-2H3,(H,20,21). The van der Waals surface area contributed by atoms with Crippen molar-refractivity contribution in [2.75, 3.05) is 19.4 Å². The zero-order chi connectivity index (χ0) is 17.1. The van der Waals surface area contributed by atoms with Gasteiger partial charge in [0, 0.05) is 30.9 Å². The van der Waals surface area contributed by atoms with Gasteiger partial charge in [0.1, 0.15) is 5.82 Å². The summed E-state index contributed by atoms with van der Waals surface area (Å²) in [7, 11) is 3.41. The van der Waals surface area contributed by atoms with E-state index in [1.807, 2.05) is 6.07 Å². The van der Waals surface area contributed by atoms with Gasteiger partial charge < -0.3 is 14.6 Å². The van der Waals surface area contributed by atoms with Crippen molar-refractivity contribution >= 4 is 17.6 Å². The first-order valence-corrected chi connectivity index (χ1v) is 7.33. The summed E-state index contributed by atoms with van der Waals surface area (Å²) in [6.45, 7) is 0. The molecule has 0 aliphatic carbocycles. The van der Waals surface area contributed by atoms with E-state index >= 15 is 0 Å². The zero-order valence-electron chi connectivity index (χ0n) is 13.3. The first-order valence-electron chi connectivity index (χ1n) is 7.33. The summed E-state index contributed by atoms with van der Waals surface area (Å²) in [5, 5.41) is 2.96. The molecule has 0 radical (unpaired) electrons. The normalized spacial score (nSPS) is 10.5. The van der Waals surface area contributed by atoms with Crippen LogP contribution in [0.5, 0.6) is 0 Å². The van der Waals surface area contributed by atoms with Crippen molar-refractivity contribution in [2.45, 2.75) is 0 Å². The largest absolute Gasteiger partial charge is 0.423 e. The van der Waals surface area contributed by atoms with E-state index in [2.05, 4.69) is 10.3 Å². The van der Waals surface area contributed by atoms with Crippen LogP contribution in [0, 0.1) is 5.82 Å². The molecule has 1 N–H and O–H groups in total. The van der Waals surface area contributed by atoms with Crippen LogP contribution in [0.3, 0.4) is 0 Å². The summed E-state index contributed by atoms with van der Waals surface area (Å²) in [5.41, 5.74) is 1.99. The molecular weight excluding hydrogens is 309 g/mol. The Morgan fingerprint density at radius 3 is 2.62 bits per heavy atom. The number of nitrogens with one attached hydrogen (secondary N) is 1. The predicted octanol–water partition coefficient (Wildman–Crippen LogP) is 3.93. The van der Waals surface area contributed by atoms with Crippen LogP contribution in [0.25, 0.3) is 11.3 Å². The first-order chi connectivity index (χ1) is 11.5. The first kappa shape index (κ1) is 15.7. The van der Waals surface area contributed by atoms with Crippen molar-refractivity contribution in [2.24, 2.45) is 0 Å². The second-order valence-electron chi connectivity index (χ2n) is 5.44. The minimum absolute atomic E-state index is 0.0824. The van der Waals surface area contributed by atoms with Gasteiger partial charge in [0.15, 0.2) is 5.76 Å². The SMILES string of the molecule is CN(C)C(=O)c1cccc(-c2cnc(Nc3ccc(F)cc3)o2)c1. The topological polar surface area (TPSA) is 58.4 Å². The predicted molar refractivity (Wildman–Crippen MR) is 89.6 cm³/mol. The fourth-order valence-electron chi connectivity index (χ4n) is 2.19. The van der Waals surface area contributed by atoms with E-state index in [1.165, 1.54) is 17.0 Å². The molecule has 24 heavy (non-hydrogen) atoms. The van der Waals surface area contributed by atoms with Crippen molar-refractivity contribution in [1.29, 1.82) is 0 Å². The minimum atomic E-state index is -0.309. The lowest BCUT2D eigenvalue weighted by Gasteiger charge is -2.10. The van der Waals surface area contributed by atoms with Crippen LogP contribution >= 0.6 is 0 Å². The van der Waals surface area contributed by atoms with E-state index in [1.54, 1.807) is 50.6 Å². The van der Waals surface area contributed by atoms with Gasteiger partial charge in [-0.2, -0.15) is 0 Å². The third-order valence-corrected chi connectivity index (χ3v) is 3.40. The molecule has 2 aromatic carbocycles. The number of rotatable bonds is 4. The van der Waals surface area contributed by atoms with Crippen molar-refractivity contribution in [3.8, 4) is 11.3 Å². The number of hydrogen-bond donors (Lipinski definition) is 1. The molecule has 1 heterocycles. The Kier molecular flexibility index (Phi) is 4.29. The third-order valence-electron chi connectivity index (χ3n) is 3.40. The molecule has 0 aliphatic heterocycles. The number of carbonyl (C=O) groups excluding carboxylic acids is 1. The fourth-order valence-corrected chi connectivity index (χ4v) is 2.19. The van der Waals surface area contributed by atoms with Crippen LogP contribution in [0.2, 0.25) is 0 Å². The Labute approximate surface area is 138 Å². The molecule has 3 aromatic rings. The van der Waals surface area contributed by atoms with Crippen LogP contribution in [0.15, 0.2) is 59.1 Å². The maximum atomic E-state index is 12.9. The third kappa shape index (κ3) is 3.43. The number of halogens is 1. The number of nitrogens with zero attached hydrogens (tertiary/aromatic N) is 2. The van der Waals surface area contributed by atoms with E-state index in [9.17, 15) is 9.18 Å². The van der Waals surface area contributed by atoms with E-state index in [0.29, 0.717) is 23.0 Å². The molecular formula is C18H16FN3O2. The Hall–Kier alpha value is -3.15. The quantitative estimate of drug-likeness (QED) is 0.790. The summed E-state index contributed by atoms with van der Waals surface area (Å²) in [5.74, 6) is 0.144. The lowest BCUT2D eigenvalue weighted by Crippen LogP contribution is -2.21. The molecule has 0 bridgehead atoms. The summed E-state index contributed by atoms with van der Waals surface area (Å²) in [6, 6.07) is 13.3. The molecule has 122 valence electrons. The second kappa shape index (κ2) is 6.54. The van der Waals surface area contributed by atoms with E-state index in [4.69, 9.17) is 4.42 Å². The van der Waals surface area contributed by atoms with Gasteiger partial charge in [-0.15, -0.1) is 0 Å². The number of hydrogen-bond acceptors (Lipinski definition) is 4.